The SMILES string of the molecule is C[C@H]1CC(=O)C(C(=O)OC(C)(C)C)[C@H](CC(=O)CCCCO[Si](c2ccccc2)(c2ccccc2)C(C)(C)C)[C@@H]1OCc1ccccc1. The summed E-state index contributed by atoms with van der Waals surface area (Å²) in [5.74, 6) is -2.45. The van der Waals surface area contributed by atoms with Crippen LogP contribution in [-0.2, 0) is 34.9 Å². The van der Waals surface area contributed by atoms with Crippen LogP contribution in [0, 0.1) is 17.8 Å². The maximum absolute atomic E-state index is 13.6. The van der Waals surface area contributed by atoms with Crippen LogP contribution in [0.3, 0.4) is 0 Å². The van der Waals surface area contributed by atoms with Crippen molar-refractivity contribution in [2.45, 2.75) is 104 Å². The first kappa shape index (κ1) is 37.4. The number of esters is 1. The quantitative estimate of drug-likeness (QED) is 0.0767. The maximum atomic E-state index is 13.6. The fraction of sp³-hybridized carbons (Fsp3) is 0.488. The Balaban J connectivity index is 1.46. The second-order valence-electron chi connectivity index (χ2n) is 15.3. The Bertz CT molecular complexity index is 1440. The molecule has 0 saturated heterocycles. The van der Waals surface area contributed by atoms with Gasteiger partial charge in [0.15, 0.2) is 0 Å². The summed E-state index contributed by atoms with van der Waals surface area (Å²) in [6.45, 7) is 15.0. The molecule has 3 aromatic rings. The van der Waals surface area contributed by atoms with Gasteiger partial charge in [-0.2, -0.15) is 0 Å². The Morgan fingerprint density at radius 2 is 1.33 bits per heavy atom. The average molecular weight is 671 g/mol. The van der Waals surface area contributed by atoms with Crippen LogP contribution in [0.4, 0.5) is 0 Å². The second-order valence-corrected chi connectivity index (χ2v) is 19.6. The van der Waals surface area contributed by atoms with Crippen LogP contribution in [0.2, 0.25) is 5.04 Å². The molecule has 258 valence electrons. The van der Waals surface area contributed by atoms with E-state index >= 15 is 0 Å². The Hall–Kier alpha value is -3.39. The lowest BCUT2D eigenvalue weighted by Crippen LogP contribution is -2.66. The predicted octanol–water partition coefficient (Wildman–Crippen LogP) is 7.46. The van der Waals surface area contributed by atoms with E-state index in [1.165, 1.54) is 10.4 Å². The summed E-state index contributed by atoms with van der Waals surface area (Å²) >= 11 is 0. The van der Waals surface area contributed by atoms with Gasteiger partial charge in [-0.1, -0.05) is 119 Å². The van der Waals surface area contributed by atoms with E-state index in [2.05, 4.69) is 69.3 Å². The lowest BCUT2D eigenvalue weighted by molar-refractivity contribution is -0.173. The van der Waals surface area contributed by atoms with Crippen molar-refractivity contribution in [1.82, 2.24) is 0 Å². The van der Waals surface area contributed by atoms with Gasteiger partial charge in [0.05, 0.1) is 12.7 Å². The van der Waals surface area contributed by atoms with Crippen molar-refractivity contribution in [1.29, 1.82) is 0 Å². The number of carbonyl (C=O) groups excluding carboxylic acids is 3. The number of carbonyl (C=O) groups is 3. The van der Waals surface area contributed by atoms with Gasteiger partial charge in [0, 0.05) is 31.8 Å². The van der Waals surface area contributed by atoms with Gasteiger partial charge in [0.25, 0.3) is 8.32 Å². The Labute approximate surface area is 288 Å². The predicted molar refractivity (Wildman–Crippen MR) is 194 cm³/mol. The highest BCUT2D eigenvalue weighted by molar-refractivity contribution is 6.99. The molecule has 1 fully saturated rings. The molecule has 3 aromatic carbocycles. The van der Waals surface area contributed by atoms with Crippen LogP contribution in [0.25, 0.3) is 0 Å². The molecule has 0 amide bonds. The molecule has 0 bridgehead atoms. The van der Waals surface area contributed by atoms with Crippen molar-refractivity contribution in [2.24, 2.45) is 17.8 Å². The fourth-order valence-corrected chi connectivity index (χ4v) is 11.8. The van der Waals surface area contributed by atoms with Crippen molar-refractivity contribution in [3.8, 4) is 0 Å². The highest BCUT2D eigenvalue weighted by Gasteiger charge is 2.50. The Kier molecular flexibility index (Phi) is 12.7. The van der Waals surface area contributed by atoms with Crippen molar-refractivity contribution in [3.63, 3.8) is 0 Å². The van der Waals surface area contributed by atoms with Crippen LogP contribution in [-0.4, -0.2) is 44.2 Å². The van der Waals surface area contributed by atoms with E-state index in [0.29, 0.717) is 26.1 Å². The molecule has 7 heteroatoms. The summed E-state index contributed by atoms with van der Waals surface area (Å²) in [6, 6.07) is 30.9. The maximum Gasteiger partial charge on any atom is 0.317 e. The highest BCUT2D eigenvalue weighted by atomic mass is 28.4. The van der Waals surface area contributed by atoms with Gasteiger partial charge in [-0.3, -0.25) is 14.4 Å². The third kappa shape index (κ3) is 9.39. The van der Waals surface area contributed by atoms with E-state index in [1.807, 2.05) is 49.4 Å². The summed E-state index contributed by atoms with van der Waals surface area (Å²) in [7, 11) is -2.66. The third-order valence-electron chi connectivity index (χ3n) is 9.28. The molecule has 0 radical (unpaired) electrons. The zero-order chi connectivity index (χ0) is 35.0. The van der Waals surface area contributed by atoms with E-state index in [-0.39, 0.29) is 35.4 Å². The number of hydrogen-bond acceptors (Lipinski definition) is 6. The number of hydrogen-bond donors (Lipinski definition) is 0. The molecule has 48 heavy (non-hydrogen) atoms. The monoisotopic (exact) mass is 670 g/mol. The van der Waals surface area contributed by atoms with E-state index in [1.54, 1.807) is 20.8 Å². The van der Waals surface area contributed by atoms with E-state index in [9.17, 15) is 14.4 Å². The molecule has 0 aliphatic heterocycles. The van der Waals surface area contributed by atoms with Gasteiger partial charge >= 0.3 is 5.97 Å². The lowest BCUT2D eigenvalue weighted by atomic mass is 9.69. The summed E-state index contributed by atoms with van der Waals surface area (Å²) in [4.78, 5) is 40.4. The van der Waals surface area contributed by atoms with Crippen molar-refractivity contribution >= 4 is 36.2 Å². The first-order chi connectivity index (χ1) is 22.7. The first-order valence-electron chi connectivity index (χ1n) is 17.4. The average Bonchev–Trinajstić information content (AvgIpc) is 3.02. The number of benzene rings is 3. The van der Waals surface area contributed by atoms with Crippen LogP contribution in [0.5, 0.6) is 0 Å². The van der Waals surface area contributed by atoms with Crippen molar-refractivity contribution in [2.75, 3.05) is 6.61 Å². The molecule has 4 rings (SSSR count). The topological polar surface area (TPSA) is 78.9 Å². The van der Waals surface area contributed by atoms with Gasteiger partial charge in [0.1, 0.15) is 23.1 Å². The van der Waals surface area contributed by atoms with E-state index < -0.39 is 37.8 Å². The van der Waals surface area contributed by atoms with Crippen LogP contribution < -0.4 is 10.4 Å². The molecule has 0 spiro atoms. The minimum Gasteiger partial charge on any atom is -0.459 e. The summed E-state index contributed by atoms with van der Waals surface area (Å²) in [5, 5.41) is 2.33. The van der Waals surface area contributed by atoms with Gasteiger partial charge in [0.2, 0.25) is 0 Å². The van der Waals surface area contributed by atoms with Crippen LogP contribution >= 0.6 is 0 Å². The lowest BCUT2D eigenvalue weighted by Gasteiger charge is -2.43. The highest BCUT2D eigenvalue weighted by Crippen LogP contribution is 2.39. The number of unbranched alkanes of at least 4 members (excludes halogenated alkanes) is 1. The molecule has 1 aliphatic rings. The third-order valence-corrected chi connectivity index (χ3v) is 14.3. The number of ether oxygens (including phenoxy) is 2. The summed E-state index contributed by atoms with van der Waals surface area (Å²) in [5.41, 5.74) is 0.252. The molecule has 1 aliphatic carbocycles. The van der Waals surface area contributed by atoms with Gasteiger partial charge < -0.3 is 13.9 Å². The standard InChI is InChI=1S/C41H54O6Si/c1-30-27-36(43)37(39(44)47-40(2,3)4)35(38(30)45-29-31-19-11-8-12-20-31)28-32(42)21-17-18-26-46-48(41(5,6)7,33-22-13-9-14-23-33)34-24-15-10-16-25-34/h8-16,19-20,22-25,30,35,37-38H,17-18,21,26-29H2,1-7H3/t30-,35-,37?,38+/m0/s1. The smallest absolute Gasteiger partial charge is 0.317 e. The largest absolute Gasteiger partial charge is 0.459 e. The molecular formula is C41H54O6Si. The molecule has 0 heterocycles. The van der Waals surface area contributed by atoms with Gasteiger partial charge in [-0.05, 0) is 60.5 Å². The molecule has 0 aromatic heterocycles. The van der Waals surface area contributed by atoms with Crippen LogP contribution in [0.1, 0.15) is 86.1 Å². The normalized spacial score (nSPS) is 20.4. The molecule has 0 N–H and O–H groups in total. The molecule has 1 unspecified atom stereocenters. The number of ketones is 2. The molecule has 6 nitrogen and oxygen atoms in total. The minimum absolute atomic E-state index is 0.0224. The zero-order valence-corrected chi connectivity index (χ0v) is 30.9. The second kappa shape index (κ2) is 16.3. The van der Waals surface area contributed by atoms with Gasteiger partial charge in [-0.15, -0.1) is 0 Å². The number of rotatable bonds is 14. The number of Topliss-reactive ketones (excluding diaryl/α,β-unsaturated/α-hetero) is 2. The van der Waals surface area contributed by atoms with Gasteiger partial charge in [-0.25, -0.2) is 0 Å². The van der Waals surface area contributed by atoms with Crippen molar-refractivity contribution < 1.29 is 28.3 Å². The van der Waals surface area contributed by atoms with Crippen LogP contribution in [0.15, 0.2) is 91.0 Å². The Morgan fingerprint density at radius 1 is 0.792 bits per heavy atom. The molecule has 1 saturated carbocycles. The Morgan fingerprint density at radius 3 is 1.85 bits per heavy atom. The molecular weight excluding hydrogens is 617 g/mol. The summed E-state index contributed by atoms with van der Waals surface area (Å²) in [6.07, 6.45) is 1.60. The van der Waals surface area contributed by atoms with E-state index in [4.69, 9.17) is 13.9 Å². The summed E-state index contributed by atoms with van der Waals surface area (Å²) < 4.78 is 19.1. The zero-order valence-electron chi connectivity index (χ0n) is 29.9. The first-order valence-corrected chi connectivity index (χ1v) is 19.3. The molecule has 4 atom stereocenters. The fourth-order valence-electron chi connectivity index (χ4n) is 7.15. The minimum atomic E-state index is -2.66. The van der Waals surface area contributed by atoms with E-state index in [0.717, 1.165) is 12.0 Å². The van der Waals surface area contributed by atoms with Crippen molar-refractivity contribution in [3.05, 3.63) is 96.6 Å².